The summed E-state index contributed by atoms with van der Waals surface area (Å²) >= 11 is 0. The Labute approximate surface area is 54.6 Å². The van der Waals surface area contributed by atoms with Gasteiger partial charge >= 0.3 is 0 Å². The molecule has 2 fully saturated rings. The van der Waals surface area contributed by atoms with Crippen LogP contribution in [0.4, 0.5) is 4.39 Å². The second kappa shape index (κ2) is 1.94. The molecule has 0 bridgehead atoms. The standard InChI is InChI=1S/C7H12FN/c8-6-3-4-7(6)9-5-1-2-5/h5-7,9H,1-4H2. The summed E-state index contributed by atoms with van der Waals surface area (Å²) < 4.78 is 12.5. The van der Waals surface area contributed by atoms with Gasteiger partial charge in [0.1, 0.15) is 6.17 Å². The summed E-state index contributed by atoms with van der Waals surface area (Å²) in [7, 11) is 0. The van der Waals surface area contributed by atoms with Gasteiger partial charge in [-0.3, -0.25) is 0 Å². The molecule has 2 saturated carbocycles. The Balaban J connectivity index is 1.72. The van der Waals surface area contributed by atoms with E-state index in [1.54, 1.807) is 0 Å². The van der Waals surface area contributed by atoms with Crippen molar-refractivity contribution in [3.63, 3.8) is 0 Å². The van der Waals surface area contributed by atoms with Crippen LogP contribution >= 0.6 is 0 Å². The van der Waals surface area contributed by atoms with Crippen LogP contribution in [-0.4, -0.2) is 18.3 Å². The van der Waals surface area contributed by atoms with Gasteiger partial charge in [0.15, 0.2) is 0 Å². The van der Waals surface area contributed by atoms with Gasteiger partial charge in [-0.2, -0.15) is 0 Å². The third-order valence-electron chi connectivity index (χ3n) is 2.22. The minimum Gasteiger partial charge on any atom is -0.308 e. The molecule has 1 nitrogen and oxygen atoms in total. The van der Waals surface area contributed by atoms with Gasteiger partial charge in [0.05, 0.1) is 0 Å². The molecule has 0 saturated heterocycles. The van der Waals surface area contributed by atoms with E-state index in [2.05, 4.69) is 5.32 Å². The topological polar surface area (TPSA) is 12.0 Å². The molecule has 0 aliphatic heterocycles. The van der Waals surface area contributed by atoms with Gasteiger partial charge in [-0.25, -0.2) is 4.39 Å². The fraction of sp³-hybridized carbons (Fsp3) is 1.00. The van der Waals surface area contributed by atoms with E-state index >= 15 is 0 Å². The van der Waals surface area contributed by atoms with Crippen molar-refractivity contribution < 1.29 is 4.39 Å². The first-order valence-electron chi connectivity index (χ1n) is 3.76. The van der Waals surface area contributed by atoms with Crippen LogP contribution in [0.15, 0.2) is 0 Å². The predicted molar refractivity (Wildman–Crippen MR) is 34.1 cm³/mol. The number of alkyl halides is 1. The van der Waals surface area contributed by atoms with Crippen LogP contribution in [-0.2, 0) is 0 Å². The van der Waals surface area contributed by atoms with E-state index in [-0.39, 0.29) is 6.04 Å². The van der Waals surface area contributed by atoms with Crippen molar-refractivity contribution >= 4 is 0 Å². The van der Waals surface area contributed by atoms with E-state index in [4.69, 9.17) is 0 Å². The van der Waals surface area contributed by atoms with Gasteiger partial charge in [-0.15, -0.1) is 0 Å². The lowest BCUT2D eigenvalue weighted by atomic mass is 9.90. The molecule has 52 valence electrons. The second-order valence-corrected chi connectivity index (χ2v) is 3.14. The van der Waals surface area contributed by atoms with Gasteiger partial charge in [0.2, 0.25) is 0 Å². The summed E-state index contributed by atoms with van der Waals surface area (Å²) in [6, 6.07) is 0.894. The molecule has 0 spiro atoms. The van der Waals surface area contributed by atoms with Crippen molar-refractivity contribution in [1.82, 2.24) is 5.32 Å². The first-order valence-corrected chi connectivity index (χ1v) is 3.76. The number of nitrogens with one attached hydrogen (secondary N) is 1. The smallest absolute Gasteiger partial charge is 0.115 e. The fourth-order valence-electron chi connectivity index (χ4n) is 1.20. The molecular formula is C7H12FN. The lowest BCUT2D eigenvalue weighted by Crippen LogP contribution is -2.46. The molecule has 2 aliphatic rings. The van der Waals surface area contributed by atoms with Gasteiger partial charge in [0, 0.05) is 12.1 Å². The number of hydrogen-bond acceptors (Lipinski definition) is 1. The van der Waals surface area contributed by atoms with Gasteiger partial charge < -0.3 is 5.32 Å². The molecule has 0 radical (unpaired) electrons. The van der Waals surface area contributed by atoms with Crippen LogP contribution in [0.3, 0.4) is 0 Å². The third-order valence-corrected chi connectivity index (χ3v) is 2.22. The number of hydrogen-bond donors (Lipinski definition) is 1. The van der Waals surface area contributed by atoms with Crippen LogP contribution in [0.25, 0.3) is 0 Å². The van der Waals surface area contributed by atoms with E-state index in [0.717, 1.165) is 12.8 Å². The highest BCUT2D eigenvalue weighted by Crippen LogP contribution is 2.28. The van der Waals surface area contributed by atoms with Crippen LogP contribution in [0.1, 0.15) is 25.7 Å². The minimum atomic E-state index is -0.536. The average Bonchev–Trinajstić information content (AvgIpc) is 2.62. The van der Waals surface area contributed by atoms with Crippen molar-refractivity contribution in [3.05, 3.63) is 0 Å². The zero-order valence-corrected chi connectivity index (χ0v) is 5.44. The molecule has 2 rings (SSSR count). The summed E-state index contributed by atoms with van der Waals surface area (Å²) in [5.74, 6) is 0. The molecule has 2 aliphatic carbocycles. The quantitative estimate of drug-likeness (QED) is 0.591. The molecule has 0 aromatic heterocycles. The molecule has 0 heterocycles. The molecule has 1 N–H and O–H groups in total. The highest BCUT2D eigenvalue weighted by Gasteiger charge is 2.34. The Hall–Kier alpha value is -0.110. The maximum atomic E-state index is 12.5. The molecule has 0 aromatic rings. The van der Waals surface area contributed by atoms with Crippen LogP contribution in [0, 0.1) is 0 Å². The summed E-state index contributed by atoms with van der Waals surface area (Å²) in [6.07, 6.45) is 3.83. The van der Waals surface area contributed by atoms with Crippen molar-refractivity contribution in [2.24, 2.45) is 0 Å². The summed E-state index contributed by atoms with van der Waals surface area (Å²) in [5.41, 5.74) is 0. The zero-order valence-electron chi connectivity index (χ0n) is 5.44. The Morgan fingerprint density at radius 1 is 1.11 bits per heavy atom. The number of halogens is 1. The fourth-order valence-corrected chi connectivity index (χ4v) is 1.20. The summed E-state index contributed by atoms with van der Waals surface area (Å²) in [4.78, 5) is 0. The third kappa shape index (κ3) is 1.08. The molecule has 2 atom stereocenters. The molecule has 9 heavy (non-hydrogen) atoms. The average molecular weight is 129 g/mol. The van der Waals surface area contributed by atoms with E-state index in [0.29, 0.717) is 6.04 Å². The molecule has 0 amide bonds. The highest BCUT2D eigenvalue weighted by atomic mass is 19.1. The number of rotatable bonds is 2. The van der Waals surface area contributed by atoms with E-state index < -0.39 is 6.17 Å². The lowest BCUT2D eigenvalue weighted by Gasteiger charge is -2.31. The molecule has 2 heteroatoms. The van der Waals surface area contributed by atoms with E-state index in [1.165, 1.54) is 12.8 Å². The molecular weight excluding hydrogens is 117 g/mol. The van der Waals surface area contributed by atoms with Crippen LogP contribution in [0.2, 0.25) is 0 Å². The maximum Gasteiger partial charge on any atom is 0.115 e. The molecule has 0 aromatic carbocycles. The Bertz CT molecular complexity index is 111. The second-order valence-electron chi connectivity index (χ2n) is 3.14. The normalized spacial score (nSPS) is 42.3. The SMILES string of the molecule is FC1CCC1NC1CC1. The maximum absolute atomic E-state index is 12.5. The highest BCUT2D eigenvalue weighted by molar-refractivity contribution is 4.93. The molecule has 2 unspecified atom stereocenters. The van der Waals surface area contributed by atoms with E-state index in [9.17, 15) is 4.39 Å². The van der Waals surface area contributed by atoms with Crippen LogP contribution in [0.5, 0.6) is 0 Å². The van der Waals surface area contributed by atoms with E-state index in [1.807, 2.05) is 0 Å². The zero-order chi connectivity index (χ0) is 6.27. The predicted octanol–water partition coefficient (Wildman–Crippen LogP) is 1.24. The van der Waals surface area contributed by atoms with Crippen molar-refractivity contribution in [2.45, 2.75) is 43.9 Å². The monoisotopic (exact) mass is 129 g/mol. The first-order chi connectivity index (χ1) is 4.36. The Morgan fingerprint density at radius 3 is 2.22 bits per heavy atom. The van der Waals surface area contributed by atoms with Gasteiger partial charge in [-0.05, 0) is 25.7 Å². The largest absolute Gasteiger partial charge is 0.308 e. The van der Waals surface area contributed by atoms with Crippen molar-refractivity contribution in [2.75, 3.05) is 0 Å². The minimum absolute atomic E-state index is 0.220. The van der Waals surface area contributed by atoms with Crippen molar-refractivity contribution in [1.29, 1.82) is 0 Å². The van der Waals surface area contributed by atoms with Crippen LogP contribution < -0.4 is 5.32 Å². The Kier molecular flexibility index (Phi) is 1.22. The van der Waals surface area contributed by atoms with Gasteiger partial charge in [-0.1, -0.05) is 0 Å². The lowest BCUT2D eigenvalue weighted by molar-refractivity contribution is 0.141. The summed E-state index contributed by atoms with van der Waals surface area (Å²) in [6.45, 7) is 0. The first kappa shape index (κ1) is 5.66. The van der Waals surface area contributed by atoms with Gasteiger partial charge in [0.25, 0.3) is 0 Å². The van der Waals surface area contributed by atoms with Crippen molar-refractivity contribution in [3.8, 4) is 0 Å². The summed E-state index contributed by atoms with van der Waals surface area (Å²) in [5, 5.41) is 3.27. The Morgan fingerprint density at radius 2 is 1.89 bits per heavy atom.